The van der Waals surface area contributed by atoms with E-state index in [9.17, 15) is 15.0 Å². The van der Waals surface area contributed by atoms with Gasteiger partial charge in [-0.05, 0) is 128 Å². The average Bonchev–Trinajstić information content (AvgIpc) is 3.50. The molecule has 12 rings (SSSR count). The number of ketones is 1. The van der Waals surface area contributed by atoms with Gasteiger partial charge in [0.1, 0.15) is 0 Å². The number of carbonyl (C=O) groups excluding carboxylic acids is 2. The summed E-state index contributed by atoms with van der Waals surface area (Å²) in [5.41, 5.74) is 1.76. The van der Waals surface area contributed by atoms with Crippen molar-refractivity contribution >= 4 is 17.5 Å². The number of urea groups is 1. The first-order valence-electron chi connectivity index (χ1n) is 22.4. The summed E-state index contributed by atoms with van der Waals surface area (Å²) in [5.74, 6) is 2.01. The van der Waals surface area contributed by atoms with Crippen LogP contribution in [0.3, 0.4) is 0 Å². The number of allylic oxidation sites excluding steroid dienone is 4. The third-order valence-corrected chi connectivity index (χ3v) is 18.4. The Kier molecular flexibility index (Phi) is 8.73. The summed E-state index contributed by atoms with van der Waals surface area (Å²) >= 11 is 0. The molecule has 304 valence electrons. The minimum absolute atomic E-state index is 0.00102. The SMILES string of the molecule is CC1(C)[C@H]2CC[C@@H](CN(C[C@]3(O)CC[C@H]4[C@]56C=C[C@@]7(C=C5C(=O)c5ccccc5-c5ccccc5)CC(O)CC[C@]7(C)[C@H]6CC[C@@]43C)C(=O)Nc3ccccc3)[C@@H]1C2. The number of anilines is 1. The molecule has 6 nitrogen and oxygen atoms in total. The van der Waals surface area contributed by atoms with Gasteiger partial charge in [-0.3, -0.25) is 4.79 Å². The molecular formula is C52H62N2O4. The molecule has 0 aromatic heterocycles. The van der Waals surface area contributed by atoms with E-state index in [0.717, 1.165) is 66.8 Å². The maximum atomic E-state index is 15.6. The van der Waals surface area contributed by atoms with E-state index >= 15 is 4.79 Å². The van der Waals surface area contributed by atoms with Crippen LogP contribution in [0.4, 0.5) is 10.5 Å². The zero-order valence-corrected chi connectivity index (χ0v) is 34.9. The highest BCUT2D eigenvalue weighted by atomic mass is 16.3. The number of benzene rings is 3. The fraction of sp³-hybridized carbons (Fsp3) is 0.538. The number of hydrogen-bond acceptors (Lipinski definition) is 4. The maximum Gasteiger partial charge on any atom is 0.321 e. The van der Waals surface area contributed by atoms with Gasteiger partial charge in [0, 0.05) is 39.6 Å². The van der Waals surface area contributed by atoms with Gasteiger partial charge in [-0.2, -0.15) is 0 Å². The zero-order chi connectivity index (χ0) is 40.3. The summed E-state index contributed by atoms with van der Waals surface area (Å²) in [6.07, 6.45) is 15.6. The lowest BCUT2D eigenvalue weighted by atomic mass is 9.32. The number of hydrogen-bond donors (Lipinski definition) is 3. The lowest BCUT2D eigenvalue weighted by Gasteiger charge is -2.71. The molecule has 0 saturated heterocycles. The van der Waals surface area contributed by atoms with Crippen LogP contribution >= 0.6 is 0 Å². The molecule has 2 amide bonds. The first-order chi connectivity index (χ1) is 27.7. The monoisotopic (exact) mass is 778 g/mol. The molecular weight excluding hydrogens is 717 g/mol. The quantitative estimate of drug-likeness (QED) is 0.157. The van der Waals surface area contributed by atoms with Crippen LogP contribution in [0.2, 0.25) is 0 Å². The average molecular weight is 779 g/mol. The summed E-state index contributed by atoms with van der Waals surface area (Å²) < 4.78 is 0. The van der Waals surface area contributed by atoms with Gasteiger partial charge in [0.05, 0.1) is 18.2 Å². The van der Waals surface area contributed by atoms with Crippen molar-refractivity contribution in [2.24, 2.45) is 56.7 Å². The molecule has 3 N–H and O–H groups in total. The molecule has 6 heteroatoms. The minimum Gasteiger partial charge on any atom is -0.393 e. The van der Waals surface area contributed by atoms with Crippen molar-refractivity contribution in [3.63, 3.8) is 0 Å². The molecule has 4 bridgehead atoms. The van der Waals surface area contributed by atoms with Crippen LogP contribution in [0.15, 0.2) is 109 Å². The number of nitrogens with zero attached hydrogens (tertiary/aromatic N) is 1. The van der Waals surface area contributed by atoms with E-state index in [1.54, 1.807) is 0 Å². The first-order valence-corrected chi connectivity index (χ1v) is 22.4. The van der Waals surface area contributed by atoms with Crippen molar-refractivity contribution in [2.75, 3.05) is 18.4 Å². The molecule has 6 fully saturated rings. The number of para-hydroxylation sites is 1. The number of aliphatic hydroxyl groups is 2. The molecule has 6 saturated carbocycles. The number of nitrogens with one attached hydrogen (secondary N) is 1. The Bertz CT molecular complexity index is 2180. The molecule has 11 atom stereocenters. The Morgan fingerprint density at radius 3 is 2.19 bits per heavy atom. The number of fused-ring (bicyclic) bond motifs is 3. The first kappa shape index (κ1) is 38.2. The molecule has 0 radical (unpaired) electrons. The number of Topliss-reactive ketones (excluding diaryl/α,β-unsaturated/α-hetero) is 1. The standard InChI is InChI=1S/C52H62N2O4/c1-47(2)36-20-19-35(41(47)29-36)32-54(46(57)53-37-15-9-6-10-16-37)33-51(58)26-23-44-49(51,4)25-22-43-48(3)24-21-38(55)30-50(48)27-28-52(43,44)42(31-50)45(56)40-18-12-11-17-39(40)34-13-7-5-8-14-34/h5-18,27-28,31,35-36,38,41,43-44,55,58H,19-26,29-30,32-33H2,1-4H3,(H,53,57)/t35-,36-,38?,41-,43+,44+,48+,49-,50-,51+,52+/m0/s1. The lowest BCUT2D eigenvalue weighted by Crippen LogP contribution is -2.67. The second-order valence-corrected chi connectivity index (χ2v) is 20.9. The van der Waals surface area contributed by atoms with Crippen molar-refractivity contribution in [1.29, 1.82) is 0 Å². The van der Waals surface area contributed by atoms with E-state index < -0.39 is 27.9 Å². The number of rotatable bonds is 8. The summed E-state index contributed by atoms with van der Waals surface area (Å²) in [6.45, 7) is 10.5. The fourth-order valence-electron chi connectivity index (χ4n) is 15.0. The van der Waals surface area contributed by atoms with Crippen LogP contribution in [0.5, 0.6) is 0 Å². The van der Waals surface area contributed by atoms with E-state index in [4.69, 9.17) is 0 Å². The van der Waals surface area contributed by atoms with E-state index in [1.165, 1.54) is 12.8 Å². The fourth-order valence-corrected chi connectivity index (χ4v) is 15.0. The molecule has 58 heavy (non-hydrogen) atoms. The summed E-state index contributed by atoms with van der Waals surface area (Å²) in [4.78, 5) is 32.1. The van der Waals surface area contributed by atoms with Gasteiger partial charge in [-0.15, -0.1) is 0 Å². The van der Waals surface area contributed by atoms with Gasteiger partial charge in [0.2, 0.25) is 0 Å². The Hall–Kier alpha value is -4.00. The van der Waals surface area contributed by atoms with Crippen molar-refractivity contribution < 1.29 is 19.8 Å². The van der Waals surface area contributed by atoms with Crippen LogP contribution < -0.4 is 5.32 Å². The van der Waals surface area contributed by atoms with Crippen molar-refractivity contribution in [3.8, 4) is 11.1 Å². The highest BCUT2D eigenvalue weighted by Gasteiger charge is 2.74. The van der Waals surface area contributed by atoms with Gasteiger partial charge in [-0.25, -0.2) is 4.79 Å². The molecule has 0 heterocycles. The van der Waals surface area contributed by atoms with Crippen LogP contribution in [0.1, 0.15) is 102 Å². The molecule has 2 spiro atoms. The van der Waals surface area contributed by atoms with E-state index in [-0.39, 0.29) is 41.0 Å². The van der Waals surface area contributed by atoms with Gasteiger partial charge in [0.15, 0.2) is 5.78 Å². The van der Waals surface area contributed by atoms with Gasteiger partial charge < -0.3 is 20.4 Å². The van der Waals surface area contributed by atoms with Crippen molar-refractivity contribution in [1.82, 2.24) is 4.90 Å². The summed E-state index contributed by atoms with van der Waals surface area (Å²) in [5, 5.41) is 27.9. The van der Waals surface area contributed by atoms with Gasteiger partial charge >= 0.3 is 6.03 Å². The molecule has 9 aliphatic carbocycles. The Morgan fingerprint density at radius 1 is 0.776 bits per heavy atom. The maximum absolute atomic E-state index is 15.6. The van der Waals surface area contributed by atoms with Crippen LogP contribution in [0, 0.1) is 56.7 Å². The van der Waals surface area contributed by atoms with Crippen LogP contribution in [0.25, 0.3) is 11.1 Å². The molecule has 3 aromatic rings. The van der Waals surface area contributed by atoms with Crippen LogP contribution in [-0.4, -0.2) is 51.7 Å². The largest absolute Gasteiger partial charge is 0.393 e. The highest BCUT2D eigenvalue weighted by molar-refractivity contribution is 6.14. The van der Waals surface area contributed by atoms with Gasteiger partial charge in [-0.1, -0.05) is 119 Å². The number of carbonyl (C=O) groups is 2. The second-order valence-electron chi connectivity index (χ2n) is 20.9. The summed E-state index contributed by atoms with van der Waals surface area (Å²) in [7, 11) is 0. The number of amides is 2. The highest BCUT2D eigenvalue weighted by Crippen LogP contribution is 2.78. The second kappa shape index (κ2) is 13.2. The topological polar surface area (TPSA) is 89.9 Å². The number of aliphatic hydroxyl groups excluding tert-OH is 1. The predicted octanol–water partition coefficient (Wildman–Crippen LogP) is 10.7. The molecule has 3 aromatic carbocycles. The lowest BCUT2D eigenvalue weighted by molar-refractivity contribution is -0.176. The zero-order valence-electron chi connectivity index (χ0n) is 34.9. The predicted molar refractivity (Wildman–Crippen MR) is 230 cm³/mol. The van der Waals surface area contributed by atoms with Crippen LogP contribution in [-0.2, 0) is 0 Å². The smallest absolute Gasteiger partial charge is 0.321 e. The third-order valence-electron chi connectivity index (χ3n) is 18.4. The van der Waals surface area contributed by atoms with Gasteiger partial charge in [0.25, 0.3) is 0 Å². The van der Waals surface area contributed by atoms with E-state index in [1.807, 2.05) is 71.6 Å². The Balaban J connectivity index is 1.04. The minimum atomic E-state index is -1.14. The third kappa shape index (κ3) is 5.28. The van der Waals surface area contributed by atoms with Crippen molar-refractivity contribution in [3.05, 3.63) is 114 Å². The van der Waals surface area contributed by atoms with E-state index in [0.29, 0.717) is 36.8 Å². The normalized spacial score (nSPS) is 40.0. The van der Waals surface area contributed by atoms with Crippen molar-refractivity contribution in [2.45, 2.75) is 104 Å². The molecule has 9 aliphatic rings. The molecule has 1 unspecified atom stereocenters. The summed E-state index contributed by atoms with van der Waals surface area (Å²) in [6, 6.07) is 27.8. The Morgan fingerprint density at radius 2 is 1.45 bits per heavy atom. The Labute approximate surface area is 345 Å². The molecule has 0 aliphatic heterocycles. The van der Waals surface area contributed by atoms with E-state index in [2.05, 4.69) is 69.4 Å².